The van der Waals surface area contributed by atoms with Crippen molar-refractivity contribution in [1.29, 1.82) is 0 Å². The summed E-state index contributed by atoms with van der Waals surface area (Å²) in [6.45, 7) is 1.74. The molecule has 1 atom stereocenters. The van der Waals surface area contributed by atoms with Crippen LogP contribution < -0.4 is 5.32 Å². The third-order valence-electron chi connectivity index (χ3n) is 2.36. The zero-order chi connectivity index (χ0) is 13.1. The predicted molar refractivity (Wildman–Crippen MR) is 62.0 cm³/mol. The average molecular weight is 248 g/mol. The number of rotatable bonds is 3. The Morgan fingerprint density at radius 2 is 2.00 bits per heavy atom. The Bertz CT molecular complexity index is 533. The van der Waals surface area contributed by atoms with Crippen molar-refractivity contribution >= 4 is 5.91 Å². The molecule has 94 valence electrons. The molecule has 2 aromatic rings. The van der Waals surface area contributed by atoms with E-state index < -0.39 is 5.91 Å². The minimum Gasteiger partial charge on any atom is -0.508 e. The molecular weight excluding hydrogens is 236 g/mol. The van der Waals surface area contributed by atoms with E-state index in [1.807, 2.05) is 0 Å². The smallest absolute Gasteiger partial charge is 0.252 e. The van der Waals surface area contributed by atoms with Crippen LogP contribution in [0.1, 0.15) is 29.1 Å². The minimum absolute atomic E-state index is 0.166. The molecule has 1 heterocycles. The zero-order valence-electron chi connectivity index (χ0n) is 9.58. The van der Waals surface area contributed by atoms with E-state index in [9.17, 15) is 15.0 Å². The molecule has 0 aliphatic rings. The lowest BCUT2D eigenvalue weighted by Crippen LogP contribution is -2.27. The molecule has 0 saturated heterocycles. The van der Waals surface area contributed by atoms with E-state index in [4.69, 9.17) is 0 Å². The first-order valence-electron chi connectivity index (χ1n) is 5.25. The molecule has 0 saturated carbocycles. The van der Waals surface area contributed by atoms with Crippen molar-refractivity contribution in [2.45, 2.75) is 13.0 Å². The molecule has 0 bridgehead atoms. The van der Waals surface area contributed by atoms with E-state index in [1.165, 1.54) is 18.5 Å². The van der Waals surface area contributed by atoms with Crippen LogP contribution in [0.15, 0.2) is 24.5 Å². The first-order valence-corrected chi connectivity index (χ1v) is 5.25. The van der Waals surface area contributed by atoms with Crippen LogP contribution in [0, 0.1) is 0 Å². The van der Waals surface area contributed by atoms with Gasteiger partial charge in [-0.1, -0.05) is 0 Å². The van der Waals surface area contributed by atoms with Crippen molar-refractivity contribution in [3.8, 4) is 11.5 Å². The first-order chi connectivity index (χ1) is 8.56. The van der Waals surface area contributed by atoms with E-state index in [0.29, 0.717) is 5.82 Å². The summed E-state index contributed by atoms with van der Waals surface area (Å²) in [5.74, 6) is -0.252. The van der Waals surface area contributed by atoms with Gasteiger partial charge in [0.05, 0.1) is 6.04 Å². The van der Waals surface area contributed by atoms with Gasteiger partial charge in [0.1, 0.15) is 23.7 Å². The Morgan fingerprint density at radius 3 is 2.56 bits per heavy atom. The highest BCUT2D eigenvalue weighted by molar-refractivity contribution is 5.95. The number of aromatic amines is 1. The highest BCUT2D eigenvalue weighted by Crippen LogP contribution is 2.20. The number of hydrogen-bond acceptors (Lipinski definition) is 5. The highest BCUT2D eigenvalue weighted by Gasteiger charge is 2.14. The van der Waals surface area contributed by atoms with E-state index in [2.05, 4.69) is 20.5 Å². The lowest BCUT2D eigenvalue weighted by Gasteiger charge is -2.11. The minimum atomic E-state index is -0.426. The molecule has 7 heteroatoms. The van der Waals surface area contributed by atoms with Gasteiger partial charge in [0.15, 0.2) is 0 Å². The number of phenols is 2. The quantitative estimate of drug-likeness (QED) is 0.639. The molecule has 18 heavy (non-hydrogen) atoms. The predicted octanol–water partition coefficient (Wildman–Crippen LogP) is 0.707. The van der Waals surface area contributed by atoms with E-state index in [-0.39, 0.29) is 23.1 Å². The summed E-state index contributed by atoms with van der Waals surface area (Å²) >= 11 is 0. The number of carbonyl (C=O) groups excluding carboxylic acids is 1. The lowest BCUT2D eigenvalue weighted by molar-refractivity contribution is 0.0937. The van der Waals surface area contributed by atoms with Gasteiger partial charge in [0.2, 0.25) is 0 Å². The molecule has 0 spiro atoms. The number of aromatic nitrogens is 3. The third kappa shape index (κ3) is 2.57. The Labute approximate surface area is 103 Å². The van der Waals surface area contributed by atoms with Crippen LogP contribution >= 0.6 is 0 Å². The van der Waals surface area contributed by atoms with Gasteiger partial charge < -0.3 is 15.5 Å². The maximum absolute atomic E-state index is 11.9. The number of nitrogens with one attached hydrogen (secondary N) is 2. The normalized spacial score (nSPS) is 12.1. The highest BCUT2D eigenvalue weighted by atomic mass is 16.3. The summed E-state index contributed by atoms with van der Waals surface area (Å²) in [7, 11) is 0. The second-order valence-electron chi connectivity index (χ2n) is 3.80. The Kier molecular flexibility index (Phi) is 3.13. The van der Waals surface area contributed by atoms with Crippen LogP contribution in [0.3, 0.4) is 0 Å². The largest absolute Gasteiger partial charge is 0.508 e. The fourth-order valence-electron chi connectivity index (χ4n) is 1.50. The Hall–Kier alpha value is -2.57. The zero-order valence-corrected chi connectivity index (χ0v) is 9.58. The second kappa shape index (κ2) is 4.74. The van der Waals surface area contributed by atoms with Crippen LogP contribution in [0.5, 0.6) is 11.5 Å². The van der Waals surface area contributed by atoms with Gasteiger partial charge in [-0.3, -0.25) is 9.89 Å². The summed E-state index contributed by atoms with van der Waals surface area (Å²) in [6.07, 6.45) is 1.35. The number of carbonyl (C=O) groups is 1. The lowest BCUT2D eigenvalue weighted by atomic mass is 10.1. The van der Waals surface area contributed by atoms with Gasteiger partial charge in [0, 0.05) is 11.6 Å². The number of benzene rings is 1. The topological polar surface area (TPSA) is 111 Å². The monoisotopic (exact) mass is 248 g/mol. The summed E-state index contributed by atoms with van der Waals surface area (Å²) in [5.41, 5.74) is 0.166. The van der Waals surface area contributed by atoms with Crippen LogP contribution in [0.4, 0.5) is 0 Å². The molecule has 1 unspecified atom stereocenters. The van der Waals surface area contributed by atoms with Crippen LogP contribution in [-0.2, 0) is 0 Å². The van der Waals surface area contributed by atoms with Gasteiger partial charge in [0.25, 0.3) is 5.91 Å². The molecule has 4 N–H and O–H groups in total. The molecule has 2 rings (SSSR count). The molecule has 0 aliphatic heterocycles. The van der Waals surface area contributed by atoms with E-state index in [0.717, 1.165) is 6.07 Å². The van der Waals surface area contributed by atoms with Gasteiger partial charge in [-0.05, 0) is 19.1 Å². The van der Waals surface area contributed by atoms with E-state index in [1.54, 1.807) is 6.92 Å². The molecule has 7 nitrogen and oxygen atoms in total. The van der Waals surface area contributed by atoms with Gasteiger partial charge in [-0.25, -0.2) is 4.98 Å². The van der Waals surface area contributed by atoms with Crippen molar-refractivity contribution in [2.75, 3.05) is 0 Å². The van der Waals surface area contributed by atoms with Gasteiger partial charge >= 0.3 is 0 Å². The van der Waals surface area contributed by atoms with E-state index >= 15 is 0 Å². The molecule has 0 aliphatic carbocycles. The fraction of sp³-hybridized carbons (Fsp3) is 0.182. The summed E-state index contributed by atoms with van der Waals surface area (Å²) in [4.78, 5) is 15.8. The summed E-state index contributed by atoms with van der Waals surface area (Å²) in [6, 6.07) is 3.32. The van der Waals surface area contributed by atoms with Crippen LogP contribution in [0.2, 0.25) is 0 Å². The Morgan fingerprint density at radius 1 is 1.33 bits per heavy atom. The molecule has 0 fully saturated rings. The number of aromatic hydroxyl groups is 2. The average Bonchev–Trinajstić information content (AvgIpc) is 2.80. The number of hydrogen-bond donors (Lipinski definition) is 4. The summed E-state index contributed by atoms with van der Waals surface area (Å²) in [5, 5.41) is 27.6. The van der Waals surface area contributed by atoms with Gasteiger partial charge in [-0.2, -0.15) is 5.10 Å². The van der Waals surface area contributed by atoms with Crippen molar-refractivity contribution in [1.82, 2.24) is 20.5 Å². The SMILES string of the molecule is CC(NC(=O)c1cc(O)cc(O)c1)c1ncn[nH]1. The summed E-state index contributed by atoms with van der Waals surface area (Å²) < 4.78 is 0. The van der Waals surface area contributed by atoms with Crippen molar-refractivity contribution in [2.24, 2.45) is 0 Å². The molecular formula is C11H12N4O3. The number of phenolic OH excluding ortho intramolecular Hbond substituents is 2. The molecule has 1 amide bonds. The molecule has 0 radical (unpaired) electrons. The van der Waals surface area contributed by atoms with Crippen molar-refractivity contribution in [3.63, 3.8) is 0 Å². The number of H-pyrrole nitrogens is 1. The second-order valence-corrected chi connectivity index (χ2v) is 3.80. The first kappa shape index (κ1) is 11.9. The Balaban J connectivity index is 2.12. The molecule has 1 aromatic heterocycles. The molecule has 1 aromatic carbocycles. The van der Waals surface area contributed by atoms with Crippen LogP contribution in [0.25, 0.3) is 0 Å². The third-order valence-corrected chi connectivity index (χ3v) is 2.36. The van der Waals surface area contributed by atoms with Crippen molar-refractivity contribution < 1.29 is 15.0 Å². The number of amides is 1. The maximum Gasteiger partial charge on any atom is 0.252 e. The maximum atomic E-state index is 11.9. The van der Waals surface area contributed by atoms with Gasteiger partial charge in [-0.15, -0.1) is 0 Å². The van der Waals surface area contributed by atoms with Crippen LogP contribution in [-0.4, -0.2) is 31.3 Å². The van der Waals surface area contributed by atoms with Crippen molar-refractivity contribution in [3.05, 3.63) is 35.9 Å². The standard InChI is InChI=1S/C11H12N4O3/c1-6(10-12-5-13-15-10)14-11(18)7-2-8(16)4-9(17)3-7/h2-6,16-17H,1H3,(H,14,18)(H,12,13,15). The number of nitrogens with zero attached hydrogens (tertiary/aromatic N) is 2. The fourth-order valence-corrected chi connectivity index (χ4v) is 1.50.